The van der Waals surface area contributed by atoms with Gasteiger partial charge in [-0.15, -0.1) is 0 Å². The fourth-order valence-electron chi connectivity index (χ4n) is 8.01. The molecular weight excluding hydrogens is 733 g/mol. The van der Waals surface area contributed by atoms with Crippen LogP contribution in [0.5, 0.6) is 0 Å². The third kappa shape index (κ3) is 45.8. The normalized spacial score (nSPS) is 12.4. The fourth-order valence-corrected chi connectivity index (χ4v) is 8.01. The van der Waals surface area contributed by atoms with Crippen molar-refractivity contribution in [2.75, 3.05) is 13.2 Å². The van der Waals surface area contributed by atoms with Crippen molar-refractivity contribution in [3.8, 4) is 0 Å². The second-order valence-electron chi connectivity index (χ2n) is 18.4. The van der Waals surface area contributed by atoms with E-state index in [2.05, 4.69) is 27.7 Å². The summed E-state index contributed by atoms with van der Waals surface area (Å²) < 4.78 is 16.8. The molecule has 0 aromatic rings. The Morgan fingerprint density at radius 3 is 0.881 bits per heavy atom. The van der Waals surface area contributed by atoms with Crippen LogP contribution in [0.2, 0.25) is 0 Å². The number of carbonyl (C=O) groups is 3. The van der Waals surface area contributed by atoms with Gasteiger partial charge in [-0.25, -0.2) is 0 Å². The molecular formula is C53H102O6. The molecule has 0 heterocycles. The predicted octanol–water partition coefficient (Wildman–Crippen LogP) is 17.1. The number of hydrogen-bond acceptors (Lipinski definition) is 6. The lowest BCUT2D eigenvalue weighted by Gasteiger charge is -2.18. The van der Waals surface area contributed by atoms with Gasteiger partial charge < -0.3 is 14.2 Å². The summed E-state index contributed by atoms with van der Waals surface area (Å²) in [7, 11) is 0. The first kappa shape index (κ1) is 57.4. The van der Waals surface area contributed by atoms with Crippen LogP contribution in [0.1, 0.15) is 297 Å². The molecule has 0 radical (unpaired) electrons. The van der Waals surface area contributed by atoms with E-state index in [4.69, 9.17) is 14.2 Å². The van der Waals surface area contributed by atoms with E-state index < -0.39 is 6.10 Å². The van der Waals surface area contributed by atoms with Gasteiger partial charge in [0.2, 0.25) is 0 Å². The smallest absolute Gasteiger partial charge is 0.306 e. The summed E-state index contributed by atoms with van der Waals surface area (Å²) in [5.74, 6) is 0.0613. The minimum absolute atomic E-state index is 0.0628. The summed E-state index contributed by atoms with van der Waals surface area (Å²) >= 11 is 0. The van der Waals surface area contributed by atoms with Crippen molar-refractivity contribution in [3.63, 3.8) is 0 Å². The van der Waals surface area contributed by atoms with Crippen LogP contribution in [-0.4, -0.2) is 37.2 Å². The lowest BCUT2D eigenvalue weighted by molar-refractivity contribution is -0.167. The molecule has 59 heavy (non-hydrogen) atoms. The highest BCUT2D eigenvalue weighted by molar-refractivity contribution is 5.71. The molecule has 0 amide bonds. The highest BCUT2D eigenvalue weighted by Gasteiger charge is 2.19. The Labute approximate surface area is 368 Å². The van der Waals surface area contributed by atoms with Crippen molar-refractivity contribution >= 4 is 17.9 Å². The average molecular weight is 835 g/mol. The SMILES string of the molecule is CCCCCCCCCCCCC(=O)O[C@H](COC(=O)CCCCCCCCCCC)COC(=O)CCCCCCCCCCCCCCCCCCCCC(C)CC. The van der Waals surface area contributed by atoms with Gasteiger partial charge in [-0.1, -0.05) is 259 Å². The molecule has 0 saturated carbocycles. The van der Waals surface area contributed by atoms with Crippen LogP contribution < -0.4 is 0 Å². The van der Waals surface area contributed by atoms with Gasteiger partial charge >= 0.3 is 17.9 Å². The Morgan fingerprint density at radius 2 is 0.593 bits per heavy atom. The maximum atomic E-state index is 12.7. The second-order valence-corrected chi connectivity index (χ2v) is 18.4. The van der Waals surface area contributed by atoms with Gasteiger partial charge in [0.25, 0.3) is 0 Å². The first-order valence-electron chi connectivity index (χ1n) is 26.4. The molecule has 0 spiro atoms. The van der Waals surface area contributed by atoms with Crippen molar-refractivity contribution in [2.45, 2.75) is 303 Å². The molecule has 6 heteroatoms. The number of rotatable bonds is 48. The summed E-state index contributed by atoms with van der Waals surface area (Å²) in [5, 5.41) is 0. The van der Waals surface area contributed by atoms with Gasteiger partial charge in [-0.3, -0.25) is 14.4 Å². The largest absolute Gasteiger partial charge is 0.462 e. The van der Waals surface area contributed by atoms with E-state index in [0.29, 0.717) is 19.3 Å². The average Bonchev–Trinajstić information content (AvgIpc) is 3.23. The molecule has 6 nitrogen and oxygen atoms in total. The highest BCUT2D eigenvalue weighted by Crippen LogP contribution is 2.18. The number of hydrogen-bond donors (Lipinski definition) is 0. The molecule has 1 unspecified atom stereocenters. The molecule has 2 atom stereocenters. The standard InChI is InChI=1S/C53H102O6/c1-5-8-10-12-14-16-29-34-38-42-46-53(56)59-50(47-57-51(54)44-40-36-32-27-15-13-11-9-6-2)48-58-52(55)45-41-37-33-30-26-24-22-20-18-17-19-21-23-25-28-31-35-39-43-49(4)7-3/h49-50H,5-48H2,1-4H3/t49?,50-/m1/s1. The van der Waals surface area contributed by atoms with Crippen LogP contribution in [0.4, 0.5) is 0 Å². The summed E-state index contributed by atoms with van der Waals surface area (Å²) in [5.41, 5.74) is 0. The Kier molecular flexibility index (Phi) is 46.2. The zero-order valence-electron chi connectivity index (χ0n) is 40.2. The highest BCUT2D eigenvalue weighted by atomic mass is 16.6. The Morgan fingerprint density at radius 1 is 0.339 bits per heavy atom. The zero-order chi connectivity index (χ0) is 43.1. The molecule has 0 aromatic carbocycles. The zero-order valence-corrected chi connectivity index (χ0v) is 40.2. The maximum Gasteiger partial charge on any atom is 0.306 e. The molecule has 350 valence electrons. The minimum atomic E-state index is -0.759. The third-order valence-corrected chi connectivity index (χ3v) is 12.4. The van der Waals surface area contributed by atoms with E-state index in [1.807, 2.05) is 0 Å². The lowest BCUT2D eigenvalue weighted by atomic mass is 9.99. The summed E-state index contributed by atoms with van der Waals surface area (Å²) in [6.07, 6.45) is 49.5. The molecule has 0 aromatic heterocycles. The van der Waals surface area contributed by atoms with Crippen molar-refractivity contribution in [1.82, 2.24) is 0 Å². The summed E-state index contributed by atoms with van der Waals surface area (Å²) in [6.45, 7) is 9.05. The van der Waals surface area contributed by atoms with Gasteiger partial charge in [-0.05, 0) is 25.2 Å². The van der Waals surface area contributed by atoms with Crippen molar-refractivity contribution in [2.24, 2.45) is 5.92 Å². The second kappa shape index (κ2) is 47.5. The van der Waals surface area contributed by atoms with Gasteiger partial charge in [0.05, 0.1) is 0 Å². The molecule has 0 rings (SSSR count). The van der Waals surface area contributed by atoms with Crippen LogP contribution in [0.3, 0.4) is 0 Å². The summed E-state index contributed by atoms with van der Waals surface area (Å²) in [4.78, 5) is 37.8. The van der Waals surface area contributed by atoms with Gasteiger partial charge in [0.1, 0.15) is 13.2 Å². The molecule has 0 aliphatic heterocycles. The number of unbranched alkanes of at least 4 members (excludes halogenated alkanes) is 34. The van der Waals surface area contributed by atoms with Crippen LogP contribution in [0.25, 0.3) is 0 Å². The number of ether oxygens (including phenoxy) is 3. The van der Waals surface area contributed by atoms with Crippen molar-refractivity contribution in [1.29, 1.82) is 0 Å². The van der Waals surface area contributed by atoms with Gasteiger partial charge in [0.15, 0.2) is 6.10 Å². The van der Waals surface area contributed by atoms with E-state index in [1.165, 1.54) is 193 Å². The van der Waals surface area contributed by atoms with Crippen LogP contribution >= 0.6 is 0 Å². The monoisotopic (exact) mass is 835 g/mol. The number of carbonyl (C=O) groups excluding carboxylic acids is 3. The van der Waals surface area contributed by atoms with E-state index >= 15 is 0 Å². The van der Waals surface area contributed by atoms with E-state index in [9.17, 15) is 14.4 Å². The third-order valence-electron chi connectivity index (χ3n) is 12.4. The maximum absolute atomic E-state index is 12.7. The van der Waals surface area contributed by atoms with E-state index in [0.717, 1.165) is 63.7 Å². The molecule has 0 aliphatic carbocycles. The Bertz CT molecular complexity index is 889. The molecule has 0 bridgehead atoms. The van der Waals surface area contributed by atoms with Gasteiger partial charge in [-0.2, -0.15) is 0 Å². The summed E-state index contributed by atoms with van der Waals surface area (Å²) in [6, 6.07) is 0. The Balaban J connectivity index is 4.12. The Hall–Kier alpha value is -1.59. The quantitative estimate of drug-likeness (QED) is 0.0345. The van der Waals surface area contributed by atoms with E-state index in [1.54, 1.807) is 0 Å². The van der Waals surface area contributed by atoms with Crippen LogP contribution in [0, 0.1) is 5.92 Å². The first-order valence-corrected chi connectivity index (χ1v) is 26.4. The molecule has 0 aliphatic rings. The first-order chi connectivity index (χ1) is 28.9. The van der Waals surface area contributed by atoms with Crippen LogP contribution in [0.15, 0.2) is 0 Å². The predicted molar refractivity (Wildman–Crippen MR) is 252 cm³/mol. The van der Waals surface area contributed by atoms with Crippen molar-refractivity contribution < 1.29 is 28.6 Å². The van der Waals surface area contributed by atoms with Crippen molar-refractivity contribution in [3.05, 3.63) is 0 Å². The van der Waals surface area contributed by atoms with Crippen LogP contribution in [-0.2, 0) is 28.6 Å². The molecule has 0 fully saturated rings. The number of esters is 3. The minimum Gasteiger partial charge on any atom is -0.462 e. The fraction of sp³-hybridized carbons (Fsp3) is 0.943. The molecule has 0 N–H and O–H groups in total. The lowest BCUT2D eigenvalue weighted by Crippen LogP contribution is -2.30. The van der Waals surface area contributed by atoms with Gasteiger partial charge in [0, 0.05) is 19.3 Å². The van der Waals surface area contributed by atoms with E-state index in [-0.39, 0.29) is 31.1 Å². The topological polar surface area (TPSA) is 78.9 Å². The molecule has 0 saturated heterocycles.